The van der Waals surface area contributed by atoms with Crippen molar-refractivity contribution in [3.63, 3.8) is 0 Å². The monoisotopic (exact) mass is 438 g/mol. The molecule has 2 unspecified atom stereocenters. The predicted molar refractivity (Wildman–Crippen MR) is 129 cm³/mol. The van der Waals surface area contributed by atoms with Gasteiger partial charge in [0.05, 0.1) is 33.0 Å². The first kappa shape index (κ1) is 29.8. The van der Waals surface area contributed by atoms with E-state index in [0.717, 1.165) is 38.5 Å². The predicted octanol–water partition coefficient (Wildman–Crippen LogP) is 4.88. The normalized spacial score (nSPS) is 15.2. The van der Waals surface area contributed by atoms with E-state index in [1.165, 1.54) is 22.3 Å². The van der Waals surface area contributed by atoms with Gasteiger partial charge in [-0.2, -0.15) is 0 Å². The number of aliphatic hydroxyl groups is 3. The summed E-state index contributed by atoms with van der Waals surface area (Å²) in [6, 6.07) is 0. The molecule has 0 aliphatic carbocycles. The zero-order chi connectivity index (χ0) is 23.5. The SMILES string of the molecule is CC(C)=CCC/C(C)=C/CC/C(C)=C/CCC(C)=CCOCC(O)COCC(O)CO. The van der Waals surface area contributed by atoms with Crippen molar-refractivity contribution >= 4 is 0 Å². The molecule has 0 aromatic carbocycles. The Hall–Kier alpha value is -1.24. The zero-order valence-electron chi connectivity index (χ0n) is 20.4. The van der Waals surface area contributed by atoms with Crippen molar-refractivity contribution in [1.29, 1.82) is 0 Å². The second kappa shape index (κ2) is 19.4. The van der Waals surface area contributed by atoms with E-state index in [9.17, 15) is 5.11 Å². The van der Waals surface area contributed by atoms with E-state index in [1.54, 1.807) is 0 Å². The minimum absolute atomic E-state index is 0.00563. The highest BCUT2D eigenvalue weighted by molar-refractivity contribution is 5.07. The summed E-state index contributed by atoms with van der Waals surface area (Å²) in [6.45, 7) is 11.2. The van der Waals surface area contributed by atoms with Gasteiger partial charge >= 0.3 is 0 Å². The number of rotatable bonds is 18. The molecule has 0 aliphatic heterocycles. The fraction of sp³-hybridized carbons (Fsp3) is 0.692. The lowest BCUT2D eigenvalue weighted by Gasteiger charge is -2.13. The third kappa shape index (κ3) is 20.4. The molecule has 0 fully saturated rings. The molecule has 0 amide bonds. The van der Waals surface area contributed by atoms with Crippen LogP contribution in [-0.2, 0) is 9.47 Å². The highest BCUT2D eigenvalue weighted by Gasteiger charge is 2.07. The standard InChI is InChI=1S/C26H46O5/c1-21(2)9-6-10-22(3)11-7-12-23(4)13-8-14-24(5)15-16-30-19-26(29)20-31-18-25(28)17-27/h9,11,13,15,25-29H,6-8,10,12,14,16-20H2,1-5H3/b22-11+,23-13+,24-15?. The Labute approximate surface area is 190 Å². The van der Waals surface area contributed by atoms with Crippen LogP contribution in [-0.4, -0.2) is 60.6 Å². The maximum Gasteiger partial charge on any atom is 0.101 e. The average Bonchev–Trinajstić information content (AvgIpc) is 2.70. The van der Waals surface area contributed by atoms with E-state index in [1.807, 2.05) is 6.08 Å². The van der Waals surface area contributed by atoms with Crippen molar-refractivity contribution in [2.75, 3.05) is 33.0 Å². The molecule has 0 saturated carbocycles. The van der Waals surface area contributed by atoms with Crippen LogP contribution in [0, 0.1) is 0 Å². The fourth-order valence-corrected chi connectivity index (χ4v) is 2.83. The number of hydrogen-bond donors (Lipinski definition) is 3. The molecule has 3 N–H and O–H groups in total. The third-order valence-electron chi connectivity index (χ3n) is 4.85. The van der Waals surface area contributed by atoms with E-state index < -0.39 is 12.2 Å². The molecule has 5 heteroatoms. The summed E-state index contributed by atoms with van der Waals surface area (Å²) in [6.07, 6.45) is 13.9. The second-order valence-corrected chi connectivity index (χ2v) is 8.61. The van der Waals surface area contributed by atoms with Crippen LogP contribution >= 0.6 is 0 Å². The molecule has 180 valence electrons. The largest absolute Gasteiger partial charge is 0.394 e. The molecule has 0 radical (unpaired) electrons. The highest BCUT2D eigenvalue weighted by Crippen LogP contribution is 2.13. The lowest BCUT2D eigenvalue weighted by atomic mass is 10.0. The van der Waals surface area contributed by atoms with Crippen LogP contribution in [0.3, 0.4) is 0 Å². The smallest absolute Gasteiger partial charge is 0.101 e. The summed E-state index contributed by atoms with van der Waals surface area (Å²) >= 11 is 0. The van der Waals surface area contributed by atoms with Gasteiger partial charge in [-0.15, -0.1) is 0 Å². The molecule has 0 aromatic rings. The van der Waals surface area contributed by atoms with E-state index in [2.05, 4.69) is 52.8 Å². The fourth-order valence-electron chi connectivity index (χ4n) is 2.83. The molecular formula is C26H46O5. The molecule has 31 heavy (non-hydrogen) atoms. The Morgan fingerprint density at radius 2 is 1.10 bits per heavy atom. The van der Waals surface area contributed by atoms with E-state index >= 15 is 0 Å². The lowest BCUT2D eigenvalue weighted by molar-refractivity contribution is -0.0450. The molecular weight excluding hydrogens is 392 g/mol. The molecule has 0 rings (SSSR count). The Bertz CT molecular complexity index is 570. The topological polar surface area (TPSA) is 79.2 Å². The van der Waals surface area contributed by atoms with E-state index in [0.29, 0.717) is 6.61 Å². The summed E-state index contributed by atoms with van der Waals surface area (Å²) in [4.78, 5) is 0. The van der Waals surface area contributed by atoms with Crippen LogP contribution in [0.1, 0.15) is 73.1 Å². The average molecular weight is 439 g/mol. The van der Waals surface area contributed by atoms with Gasteiger partial charge < -0.3 is 24.8 Å². The number of aliphatic hydroxyl groups excluding tert-OH is 3. The first-order valence-corrected chi connectivity index (χ1v) is 11.5. The van der Waals surface area contributed by atoms with Crippen molar-refractivity contribution in [1.82, 2.24) is 0 Å². The zero-order valence-corrected chi connectivity index (χ0v) is 20.4. The lowest BCUT2D eigenvalue weighted by Crippen LogP contribution is -2.26. The van der Waals surface area contributed by atoms with Crippen LogP contribution in [0.15, 0.2) is 46.6 Å². The van der Waals surface area contributed by atoms with Crippen molar-refractivity contribution in [2.45, 2.75) is 85.4 Å². The number of ether oxygens (including phenoxy) is 2. The Morgan fingerprint density at radius 1 is 0.645 bits per heavy atom. The number of allylic oxidation sites excluding steroid dienone is 7. The van der Waals surface area contributed by atoms with Crippen LogP contribution in [0.2, 0.25) is 0 Å². The van der Waals surface area contributed by atoms with Gasteiger partial charge in [0.2, 0.25) is 0 Å². The van der Waals surface area contributed by atoms with Crippen molar-refractivity contribution in [3.8, 4) is 0 Å². The quantitative estimate of drug-likeness (QED) is 0.210. The van der Waals surface area contributed by atoms with Gasteiger partial charge in [0, 0.05) is 0 Å². The van der Waals surface area contributed by atoms with Crippen molar-refractivity contribution < 1.29 is 24.8 Å². The molecule has 2 atom stereocenters. The summed E-state index contributed by atoms with van der Waals surface area (Å²) < 4.78 is 10.6. The van der Waals surface area contributed by atoms with Gasteiger partial charge in [-0.3, -0.25) is 0 Å². The number of hydrogen-bond acceptors (Lipinski definition) is 5. The van der Waals surface area contributed by atoms with Crippen LogP contribution in [0.25, 0.3) is 0 Å². The molecule has 0 saturated heterocycles. The molecule has 0 bridgehead atoms. The van der Waals surface area contributed by atoms with Gasteiger partial charge in [0.25, 0.3) is 0 Å². The summed E-state index contributed by atoms with van der Waals surface area (Å²) in [5, 5.41) is 27.6. The molecule has 5 nitrogen and oxygen atoms in total. The van der Waals surface area contributed by atoms with E-state index in [-0.39, 0.29) is 26.4 Å². The van der Waals surface area contributed by atoms with Gasteiger partial charge in [-0.25, -0.2) is 0 Å². The first-order chi connectivity index (χ1) is 14.7. The third-order valence-corrected chi connectivity index (χ3v) is 4.85. The molecule has 0 heterocycles. The van der Waals surface area contributed by atoms with Crippen LogP contribution < -0.4 is 0 Å². The minimum atomic E-state index is -0.908. The Balaban J connectivity index is 3.91. The molecule has 0 aromatic heterocycles. The van der Waals surface area contributed by atoms with Gasteiger partial charge in [-0.1, -0.05) is 46.6 Å². The first-order valence-electron chi connectivity index (χ1n) is 11.5. The van der Waals surface area contributed by atoms with E-state index in [4.69, 9.17) is 19.7 Å². The maximum atomic E-state index is 9.74. The van der Waals surface area contributed by atoms with Crippen LogP contribution in [0.5, 0.6) is 0 Å². The molecule has 0 spiro atoms. The highest BCUT2D eigenvalue weighted by atomic mass is 16.5. The van der Waals surface area contributed by atoms with Gasteiger partial charge in [0.1, 0.15) is 12.2 Å². The van der Waals surface area contributed by atoms with Crippen LogP contribution in [0.4, 0.5) is 0 Å². The molecule has 0 aliphatic rings. The summed E-state index contributed by atoms with van der Waals surface area (Å²) in [7, 11) is 0. The Morgan fingerprint density at radius 3 is 1.61 bits per heavy atom. The van der Waals surface area contributed by atoms with Gasteiger partial charge in [-0.05, 0) is 73.1 Å². The van der Waals surface area contributed by atoms with Crippen molar-refractivity contribution in [2.24, 2.45) is 0 Å². The maximum absolute atomic E-state index is 9.74. The second-order valence-electron chi connectivity index (χ2n) is 8.61. The van der Waals surface area contributed by atoms with Gasteiger partial charge in [0.15, 0.2) is 0 Å². The Kier molecular flexibility index (Phi) is 18.7. The van der Waals surface area contributed by atoms with Crippen molar-refractivity contribution in [3.05, 3.63) is 46.6 Å². The summed E-state index contributed by atoms with van der Waals surface area (Å²) in [5.41, 5.74) is 5.58. The minimum Gasteiger partial charge on any atom is -0.394 e. The summed E-state index contributed by atoms with van der Waals surface area (Å²) in [5.74, 6) is 0.